The van der Waals surface area contributed by atoms with Gasteiger partial charge < -0.3 is 9.80 Å². The predicted octanol–water partition coefficient (Wildman–Crippen LogP) is 2.92. The maximum absolute atomic E-state index is 13.6. The van der Waals surface area contributed by atoms with E-state index in [-0.39, 0.29) is 24.8 Å². The van der Waals surface area contributed by atoms with Crippen LogP contribution < -0.4 is 4.90 Å². The average molecular weight is 286 g/mol. The van der Waals surface area contributed by atoms with E-state index in [1.807, 2.05) is 42.3 Å². The Balaban J connectivity index is 1.95. The summed E-state index contributed by atoms with van der Waals surface area (Å²) in [6.45, 7) is 0.531. The number of hydrogen-bond donors (Lipinski definition) is 0. The lowest BCUT2D eigenvalue weighted by molar-refractivity contribution is -0.128. The summed E-state index contributed by atoms with van der Waals surface area (Å²) in [7, 11) is 3.55. The molecule has 21 heavy (non-hydrogen) atoms. The van der Waals surface area contributed by atoms with Gasteiger partial charge in [0, 0.05) is 31.9 Å². The lowest BCUT2D eigenvalue weighted by Gasteiger charge is -2.23. The van der Waals surface area contributed by atoms with Crippen molar-refractivity contribution in [1.29, 1.82) is 0 Å². The summed E-state index contributed by atoms with van der Waals surface area (Å²) in [4.78, 5) is 15.6. The Kier molecular flexibility index (Phi) is 4.93. The second-order valence-corrected chi connectivity index (χ2v) is 5.03. The number of nitrogens with zero attached hydrogens (tertiary/aromatic N) is 2. The molecule has 0 unspecified atom stereocenters. The highest BCUT2D eigenvalue weighted by molar-refractivity contribution is 5.81. The van der Waals surface area contributed by atoms with E-state index < -0.39 is 0 Å². The van der Waals surface area contributed by atoms with Crippen LogP contribution in [0.25, 0.3) is 0 Å². The smallest absolute Gasteiger partial charge is 0.242 e. The molecule has 0 aliphatic heterocycles. The van der Waals surface area contributed by atoms with Gasteiger partial charge in [0.1, 0.15) is 5.82 Å². The van der Waals surface area contributed by atoms with Crippen LogP contribution in [0.4, 0.5) is 10.1 Å². The largest absolute Gasteiger partial charge is 0.365 e. The van der Waals surface area contributed by atoms with E-state index in [1.165, 1.54) is 11.0 Å². The van der Waals surface area contributed by atoms with Crippen molar-refractivity contribution in [2.45, 2.75) is 6.54 Å². The molecule has 0 atom stereocenters. The van der Waals surface area contributed by atoms with Gasteiger partial charge in [-0.15, -0.1) is 0 Å². The summed E-state index contributed by atoms with van der Waals surface area (Å²) >= 11 is 0. The van der Waals surface area contributed by atoms with Crippen LogP contribution in [-0.4, -0.2) is 31.4 Å². The van der Waals surface area contributed by atoms with Crippen LogP contribution in [0, 0.1) is 5.82 Å². The molecule has 0 heterocycles. The highest BCUT2D eigenvalue weighted by Crippen LogP contribution is 2.12. The molecule has 0 radical (unpaired) electrons. The first-order chi connectivity index (χ1) is 10.1. The van der Waals surface area contributed by atoms with Crippen LogP contribution in [0.1, 0.15) is 5.56 Å². The van der Waals surface area contributed by atoms with Crippen molar-refractivity contribution in [1.82, 2.24) is 4.90 Å². The minimum atomic E-state index is -0.284. The number of anilines is 1. The molecule has 0 saturated heterocycles. The van der Waals surface area contributed by atoms with Crippen molar-refractivity contribution in [3.8, 4) is 0 Å². The fourth-order valence-corrected chi connectivity index (χ4v) is 2.07. The SMILES string of the molecule is CN(Cc1ccccc1F)C(=O)CN(C)c1ccccc1. The van der Waals surface area contributed by atoms with Gasteiger partial charge >= 0.3 is 0 Å². The molecule has 2 aromatic rings. The van der Waals surface area contributed by atoms with Crippen LogP contribution in [0.5, 0.6) is 0 Å². The summed E-state index contributed by atoms with van der Waals surface area (Å²) < 4.78 is 13.6. The first-order valence-corrected chi connectivity index (χ1v) is 6.81. The summed E-state index contributed by atoms with van der Waals surface area (Å²) in [5.74, 6) is -0.335. The molecule has 4 heteroatoms. The lowest BCUT2D eigenvalue weighted by atomic mass is 10.2. The Morgan fingerprint density at radius 3 is 2.29 bits per heavy atom. The zero-order chi connectivity index (χ0) is 15.2. The molecule has 1 amide bonds. The van der Waals surface area contributed by atoms with Crippen LogP contribution in [0.2, 0.25) is 0 Å². The third-order valence-corrected chi connectivity index (χ3v) is 3.36. The molecular weight excluding hydrogens is 267 g/mol. The molecule has 2 rings (SSSR count). The topological polar surface area (TPSA) is 23.6 Å². The second-order valence-electron chi connectivity index (χ2n) is 5.03. The fraction of sp³-hybridized carbons (Fsp3) is 0.235. The van der Waals surface area contributed by atoms with Crippen molar-refractivity contribution < 1.29 is 9.18 Å². The van der Waals surface area contributed by atoms with Gasteiger partial charge in [0.2, 0.25) is 5.91 Å². The van der Waals surface area contributed by atoms with Gasteiger partial charge in [-0.2, -0.15) is 0 Å². The van der Waals surface area contributed by atoms with Gasteiger partial charge in [-0.05, 0) is 18.2 Å². The van der Waals surface area contributed by atoms with E-state index in [4.69, 9.17) is 0 Å². The standard InChI is InChI=1S/C17H19FN2O/c1-19(15-9-4-3-5-10-15)13-17(21)20(2)12-14-8-6-7-11-16(14)18/h3-11H,12-13H2,1-2H3. The molecular formula is C17H19FN2O. The number of rotatable bonds is 5. The molecule has 2 aromatic carbocycles. The highest BCUT2D eigenvalue weighted by Gasteiger charge is 2.13. The van der Waals surface area contributed by atoms with Crippen molar-refractivity contribution in [2.75, 3.05) is 25.5 Å². The number of halogens is 1. The third-order valence-electron chi connectivity index (χ3n) is 3.36. The summed E-state index contributed by atoms with van der Waals surface area (Å²) in [6, 6.07) is 16.2. The normalized spacial score (nSPS) is 10.2. The zero-order valence-corrected chi connectivity index (χ0v) is 12.3. The molecule has 3 nitrogen and oxygen atoms in total. The number of benzene rings is 2. The molecule has 0 bridgehead atoms. The number of amides is 1. The molecule has 0 fully saturated rings. The first-order valence-electron chi connectivity index (χ1n) is 6.81. The minimum Gasteiger partial charge on any atom is -0.365 e. The number of likely N-dealkylation sites (N-methyl/N-ethyl adjacent to an activating group) is 2. The number of carbonyl (C=O) groups is 1. The first kappa shape index (κ1) is 15.0. The Labute approximate surface area is 124 Å². The summed E-state index contributed by atoms with van der Waals surface area (Å²) in [5, 5.41) is 0. The van der Waals surface area contributed by atoms with Gasteiger partial charge in [-0.25, -0.2) is 4.39 Å². The predicted molar refractivity (Wildman–Crippen MR) is 82.6 cm³/mol. The highest BCUT2D eigenvalue weighted by atomic mass is 19.1. The summed E-state index contributed by atoms with van der Waals surface area (Å²) in [6.07, 6.45) is 0. The molecule has 0 aromatic heterocycles. The quantitative estimate of drug-likeness (QED) is 0.843. The maximum Gasteiger partial charge on any atom is 0.242 e. The molecule has 110 valence electrons. The van der Waals surface area contributed by atoms with Crippen molar-refractivity contribution in [2.24, 2.45) is 0 Å². The lowest BCUT2D eigenvalue weighted by Crippen LogP contribution is -2.36. The van der Waals surface area contributed by atoms with Gasteiger partial charge in [0.05, 0.1) is 6.54 Å². The Hall–Kier alpha value is -2.36. The van der Waals surface area contributed by atoms with E-state index >= 15 is 0 Å². The zero-order valence-electron chi connectivity index (χ0n) is 12.3. The second kappa shape index (κ2) is 6.88. The molecule has 0 aliphatic carbocycles. The fourth-order valence-electron chi connectivity index (χ4n) is 2.07. The van der Waals surface area contributed by atoms with Crippen LogP contribution >= 0.6 is 0 Å². The molecule has 0 spiro atoms. The van der Waals surface area contributed by atoms with Gasteiger partial charge in [-0.1, -0.05) is 36.4 Å². The molecule has 0 N–H and O–H groups in total. The minimum absolute atomic E-state index is 0.0513. The van der Waals surface area contributed by atoms with Gasteiger partial charge in [0.15, 0.2) is 0 Å². The number of para-hydroxylation sites is 1. The number of carbonyl (C=O) groups excluding carboxylic acids is 1. The average Bonchev–Trinajstić information content (AvgIpc) is 2.50. The number of hydrogen-bond acceptors (Lipinski definition) is 2. The monoisotopic (exact) mass is 286 g/mol. The molecule has 0 aliphatic rings. The van der Waals surface area contributed by atoms with Crippen molar-refractivity contribution in [3.05, 3.63) is 66.0 Å². The van der Waals surface area contributed by atoms with Crippen LogP contribution in [0.15, 0.2) is 54.6 Å². The Bertz CT molecular complexity index is 601. The van der Waals surface area contributed by atoms with E-state index in [9.17, 15) is 9.18 Å². The Morgan fingerprint density at radius 1 is 1.00 bits per heavy atom. The van der Waals surface area contributed by atoms with Gasteiger partial charge in [0.25, 0.3) is 0 Å². The molecule has 0 saturated carbocycles. The van der Waals surface area contributed by atoms with Crippen molar-refractivity contribution >= 4 is 11.6 Å². The summed E-state index contributed by atoms with van der Waals surface area (Å²) in [5.41, 5.74) is 1.50. The van der Waals surface area contributed by atoms with Crippen LogP contribution in [0.3, 0.4) is 0 Å². The van der Waals surface area contributed by atoms with Crippen LogP contribution in [-0.2, 0) is 11.3 Å². The van der Waals surface area contributed by atoms with E-state index in [0.717, 1.165) is 5.69 Å². The van der Waals surface area contributed by atoms with E-state index in [0.29, 0.717) is 5.56 Å². The Morgan fingerprint density at radius 2 is 1.62 bits per heavy atom. The van der Waals surface area contributed by atoms with E-state index in [1.54, 1.807) is 25.2 Å². The maximum atomic E-state index is 13.6. The van der Waals surface area contributed by atoms with Crippen molar-refractivity contribution in [3.63, 3.8) is 0 Å². The van der Waals surface area contributed by atoms with E-state index in [2.05, 4.69) is 0 Å². The third kappa shape index (κ3) is 4.05. The van der Waals surface area contributed by atoms with Gasteiger partial charge in [-0.3, -0.25) is 4.79 Å².